The number of hydrogen-bond donors (Lipinski definition) is 1. The Kier molecular flexibility index (Phi) is 8.45. The SMILES string of the molecule is O=S(=O)(c1ccccc1)N(C[C@H](O)CN(C1CCCCC1)C1CCCCC1)c1ccccc1. The van der Waals surface area contributed by atoms with Crippen molar-refractivity contribution in [1.29, 1.82) is 0 Å². The molecule has 0 aromatic heterocycles. The van der Waals surface area contributed by atoms with Crippen LogP contribution in [-0.2, 0) is 10.0 Å². The van der Waals surface area contributed by atoms with Crippen LogP contribution < -0.4 is 4.31 Å². The molecule has 1 atom stereocenters. The molecular formula is C27H38N2O3S. The molecule has 2 aliphatic rings. The van der Waals surface area contributed by atoms with Crippen LogP contribution in [0.4, 0.5) is 5.69 Å². The third-order valence-electron chi connectivity index (χ3n) is 7.26. The first-order valence-corrected chi connectivity index (χ1v) is 14.1. The molecule has 2 aromatic rings. The van der Waals surface area contributed by atoms with Crippen molar-refractivity contribution >= 4 is 15.7 Å². The third kappa shape index (κ3) is 6.17. The van der Waals surface area contributed by atoms with E-state index in [1.54, 1.807) is 36.4 Å². The van der Waals surface area contributed by atoms with E-state index < -0.39 is 16.1 Å². The van der Waals surface area contributed by atoms with Crippen LogP contribution in [0, 0.1) is 0 Å². The van der Waals surface area contributed by atoms with Gasteiger partial charge >= 0.3 is 0 Å². The summed E-state index contributed by atoms with van der Waals surface area (Å²) in [4.78, 5) is 2.79. The number of benzene rings is 2. The summed E-state index contributed by atoms with van der Waals surface area (Å²) in [6.45, 7) is 0.583. The molecule has 2 saturated carbocycles. The molecule has 1 N–H and O–H groups in total. The number of nitrogens with zero attached hydrogens (tertiary/aromatic N) is 2. The highest BCUT2D eigenvalue weighted by Crippen LogP contribution is 2.31. The molecule has 0 saturated heterocycles. The van der Waals surface area contributed by atoms with Crippen LogP contribution in [0.3, 0.4) is 0 Å². The molecule has 0 aliphatic heterocycles. The second-order valence-corrected chi connectivity index (χ2v) is 11.5. The maximum atomic E-state index is 13.6. The Morgan fingerprint density at radius 1 is 0.727 bits per heavy atom. The first-order chi connectivity index (χ1) is 16.1. The molecule has 0 bridgehead atoms. The molecule has 0 radical (unpaired) electrons. The zero-order valence-corrected chi connectivity index (χ0v) is 20.4. The van der Waals surface area contributed by atoms with Gasteiger partial charge in [-0.25, -0.2) is 8.42 Å². The van der Waals surface area contributed by atoms with E-state index in [4.69, 9.17) is 0 Å². The number of aliphatic hydroxyl groups is 1. The molecule has 2 fully saturated rings. The quantitative estimate of drug-likeness (QED) is 0.546. The minimum Gasteiger partial charge on any atom is -0.390 e. The van der Waals surface area contributed by atoms with Gasteiger partial charge in [-0.1, -0.05) is 74.9 Å². The molecule has 2 aromatic carbocycles. The first-order valence-electron chi connectivity index (χ1n) is 12.6. The predicted octanol–water partition coefficient (Wildman–Crippen LogP) is 5.21. The van der Waals surface area contributed by atoms with Crippen LogP contribution in [-0.4, -0.2) is 49.7 Å². The zero-order valence-electron chi connectivity index (χ0n) is 19.6. The van der Waals surface area contributed by atoms with E-state index in [0.29, 0.717) is 24.3 Å². The molecule has 4 rings (SSSR count). The monoisotopic (exact) mass is 470 g/mol. The molecule has 6 heteroatoms. The van der Waals surface area contributed by atoms with E-state index in [0.717, 1.165) is 0 Å². The Hall–Kier alpha value is -1.89. The summed E-state index contributed by atoms with van der Waals surface area (Å²) in [6, 6.07) is 18.7. The average molecular weight is 471 g/mol. The second-order valence-electron chi connectivity index (χ2n) is 9.62. The average Bonchev–Trinajstić information content (AvgIpc) is 2.88. The number of hydrogen-bond acceptors (Lipinski definition) is 4. The van der Waals surface area contributed by atoms with E-state index in [1.165, 1.54) is 68.5 Å². The van der Waals surface area contributed by atoms with Gasteiger partial charge in [0.05, 0.1) is 23.2 Å². The van der Waals surface area contributed by atoms with E-state index in [1.807, 2.05) is 24.3 Å². The van der Waals surface area contributed by atoms with Gasteiger partial charge in [0.2, 0.25) is 0 Å². The fraction of sp³-hybridized carbons (Fsp3) is 0.556. The molecule has 0 heterocycles. The predicted molar refractivity (Wildman–Crippen MR) is 134 cm³/mol. The van der Waals surface area contributed by atoms with Crippen LogP contribution in [0.25, 0.3) is 0 Å². The van der Waals surface area contributed by atoms with Gasteiger partial charge in [-0.2, -0.15) is 0 Å². The van der Waals surface area contributed by atoms with Crippen molar-refractivity contribution < 1.29 is 13.5 Å². The van der Waals surface area contributed by atoms with Crippen LogP contribution >= 0.6 is 0 Å². The van der Waals surface area contributed by atoms with Gasteiger partial charge in [-0.15, -0.1) is 0 Å². The molecule has 33 heavy (non-hydrogen) atoms. The summed E-state index contributed by atoms with van der Waals surface area (Å²) in [5, 5.41) is 11.3. The van der Waals surface area contributed by atoms with E-state index in [2.05, 4.69) is 4.90 Å². The Morgan fingerprint density at radius 2 is 1.21 bits per heavy atom. The lowest BCUT2D eigenvalue weighted by molar-refractivity contribution is 0.0326. The molecule has 2 aliphatic carbocycles. The number of anilines is 1. The van der Waals surface area contributed by atoms with Gasteiger partial charge in [0, 0.05) is 18.6 Å². The first kappa shape index (κ1) is 24.2. The highest BCUT2D eigenvalue weighted by Gasteiger charge is 2.32. The van der Waals surface area contributed by atoms with Gasteiger partial charge < -0.3 is 5.11 Å². The maximum absolute atomic E-state index is 13.6. The molecular weight excluding hydrogens is 432 g/mol. The van der Waals surface area contributed by atoms with Crippen molar-refractivity contribution in [2.24, 2.45) is 0 Å². The lowest BCUT2D eigenvalue weighted by Gasteiger charge is -2.43. The molecule has 0 amide bonds. The minimum atomic E-state index is -3.78. The summed E-state index contributed by atoms with van der Waals surface area (Å²) in [7, 11) is -3.78. The summed E-state index contributed by atoms with van der Waals surface area (Å²) in [6.07, 6.45) is 11.6. The second kappa shape index (κ2) is 11.5. The van der Waals surface area contributed by atoms with Crippen LogP contribution in [0.2, 0.25) is 0 Å². The van der Waals surface area contributed by atoms with Crippen molar-refractivity contribution in [2.45, 2.75) is 87.3 Å². The highest BCUT2D eigenvalue weighted by molar-refractivity contribution is 7.92. The lowest BCUT2D eigenvalue weighted by Crippen LogP contribution is -2.51. The number of aliphatic hydroxyl groups excluding tert-OH is 1. The van der Waals surface area contributed by atoms with Gasteiger partial charge in [0.25, 0.3) is 10.0 Å². The van der Waals surface area contributed by atoms with Crippen LogP contribution in [0.15, 0.2) is 65.6 Å². The van der Waals surface area contributed by atoms with Crippen LogP contribution in [0.1, 0.15) is 64.2 Å². The van der Waals surface area contributed by atoms with Crippen molar-refractivity contribution in [1.82, 2.24) is 4.90 Å². The fourth-order valence-corrected chi connectivity index (χ4v) is 7.09. The van der Waals surface area contributed by atoms with Crippen molar-refractivity contribution in [3.63, 3.8) is 0 Å². The fourth-order valence-electron chi connectivity index (χ4n) is 5.57. The van der Waals surface area contributed by atoms with E-state index in [-0.39, 0.29) is 11.4 Å². The Labute approximate surface area is 199 Å². The third-order valence-corrected chi connectivity index (χ3v) is 9.07. The largest absolute Gasteiger partial charge is 0.390 e. The Balaban J connectivity index is 1.55. The zero-order chi connectivity index (χ0) is 23.1. The van der Waals surface area contributed by atoms with Gasteiger partial charge in [0.15, 0.2) is 0 Å². The van der Waals surface area contributed by atoms with E-state index in [9.17, 15) is 13.5 Å². The Bertz CT molecular complexity index is 922. The molecule has 180 valence electrons. The highest BCUT2D eigenvalue weighted by atomic mass is 32.2. The summed E-state index contributed by atoms with van der Waals surface area (Å²) in [5.41, 5.74) is 0.585. The van der Waals surface area contributed by atoms with Crippen LogP contribution in [0.5, 0.6) is 0 Å². The summed E-state index contributed by atoms with van der Waals surface area (Å²) < 4.78 is 28.5. The number of para-hydroxylation sites is 1. The van der Waals surface area contributed by atoms with Crippen molar-refractivity contribution in [3.05, 3.63) is 60.7 Å². The molecule has 0 spiro atoms. The minimum absolute atomic E-state index is 0.0528. The van der Waals surface area contributed by atoms with Gasteiger partial charge in [-0.3, -0.25) is 9.21 Å². The number of sulfonamides is 1. The topological polar surface area (TPSA) is 60.9 Å². The van der Waals surface area contributed by atoms with E-state index >= 15 is 0 Å². The van der Waals surface area contributed by atoms with Gasteiger partial charge in [0.1, 0.15) is 0 Å². The van der Waals surface area contributed by atoms with Crippen molar-refractivity contribution in [2.75, 3.05) is 17.4 Å². The van der Waals surface area contributed by atoms with Crippen molar-refractivity contribution in [3.8, 4) is 0 Å². The summed E-state index contributed by atoms with van der Waals surface area (Å²) in [5.74, 6) is 0. The van der Waals surface area contributed by atoms with Gasteiger partial charge in [-0.05, 0) is 49.9 Å². The number of rotatable bonds is 9. The molecule has 0 unspecified atom stereocenters. The smallest absolute Gasteiger partial charge is 0.264 e. The Morgan fingerprint density at radius 3 is 1.73 bits per heavy atom. The molecule has 5 nitrogen and oxygen atoms in total. The normalized spacial score (nSPS) is 19.5. The standard InChI is InChI=1S/C27H38N2O3S/c30-26(21-28(23-13-5-1-6-14-23)24-15-7-2-8-16-24)22-29(25-17-9-3-10-18-25)33(31,32)27-19-11-4-12-20-27/h3-4,9-12,17-20,23-24,26,30H,1-2,5-8,13-16,21-22H2/t26-/m1/s1. The summed E-state index contributed by atoms with van der Waals surface area (Å²) >= 11 is 0. The maximum Gasteiger partial charge on any atom is 0.264 e. The lowest BCUT2D eigenvalue weighted by atomic mass is 9.88.